The fraction of sp³-hybridized carbons (Fsp3) is 0.350. The summed E-state index contributed by atoms with van der Waals surface area (Å²) in [6.45, 7) is 12.9. The lowest BCUT2D eigenvalue weighted by atomic mass is 9.63. The van der Waals surface area contributed by atoms with Gasteiger partial charge in [-0.25, -0.2) is 0 Å². The molecule has 0 aromatic heterocycles. The van der Waals surface area contributed by atoms with E-state index in [1.165, 1.54) is 19.2 Å². The highest BCUT2D eigenvalue weighted by atomic mass is 32.2. The Kier molecular flexibility index (Phi) is 8.75. The maximum absolute atomic E-state index is 14.3. The minimum atomic E-state index is -4.19. The minimum absolute atomic E-state index is 0.0156. The molecule has 0 spiro atoms. The number of carbonyl (C=O) groups excluding carboxylic acids is 2. The predicted molar refractivity (Wildman–Crippen MR) is 186 cm³/mol. The summed E-state index contributed by atoms with van der Waals surface area (Å²) in [4.78, 5) is 30.9. The second kappa shape index (κ2) is 12.5. The molecule has 0 saturated heterocycles. The van der Waals surface area contributed by atoms with E-state index in [0.717, 1.165) is 17.0 Å². The number of methoxy groups -OCH3 is 1. The molecule has 3 aromatic rings. The standard InChI is InChI=1S/C40H43NO6S/c1-7-14-27-19-28(20-34(46-6)38(27)47-48(44,45)29-17-12-9-13-18-29)35-36-30(21-39(2,3)23-32(36)42)41(25-26-15-10-8-11-16-26)31-22-40(4,5)24-33(43)37(31)35/h7-13,15-20,35H,1,14,21-25H2,2-6H3. The Balaban J connectivity index is 1.58. The molecule has 1 aliphatic heterocycles. The van der Waals surface area contributed by atoms with E-state index in [2.05, 4.69) is 51.3 Å². The van der Waals surface area contributed by atoms with Gasteiger partial charge in [0.05, 0.1) is 7.11 Å². The molecule has 0 fully saturated rings. The van der Waals surface area contributed by atoms with Crippen molar-refractivity contribution in [2.24, 2.45) is 10.8 Å². The number of benzene rings is 3. The van der Waals surface area contributed by atoms with Crippen molar-refractivity contribution in [2.45, 2.75) is 77.2 Å². The van der Waals surface area contributed by atoms with Crippen LogP contribution in [0.15, 0.2) is 113 Å². The Morgan fingerprint density at radius 1 is 0.833 bits per heavy atom. The summed E-state index contributed by atoms with van der Waals surface area (Å²) in [5.41, 5.74) is 4.95. The van der Waals surface area contributed by atoms with Gasteiger partial charge >= 0.3 is 10.1 Å². The van der Waals surface area contributed by atoms with Gasteiger partial charge < -0.3 is 13.8 Å². The highest BCUT2D eigenvalue weighted by Crippen LogP contribution is 2.55. The van der Waals surface area contributed by atoms with Crippen LogP contribution in [0.2, 0.25) is 0 Å². The molecule has 0 atom stereocenters. The number of hydrogen-bond acceptors (Lipinski definition) is 7. The predicted octanol–water partition coefficient (Wildman–Crippen LogP) is 8.08. The number of carbonyl (C=O) groups is 2. The first-order chi connectivity index (χ1) is 22.7. The molecule has 1 heterocycles. The van der Waals surface area contributed by atoms with E-state index < -0.39 is 16.0 Å². The smallest absolute Gasteiger partial charge is 0.339 e. The molecular formula is C40H43NO6S. The Bertz CT molecular complexity index is 1900. The molecule has 0 bridgehead atoms. The van der Waals surface area contributed by atoms with Crippen molar-refractivity contribution in [3.05, 3.63) is 125 Å². The molecule has 250 valence electrons. The lowest BCUT2D eigenvalue weighted by Gasteiger charge is -2.49. The van der Waals surface area contributed by atoms with Crippen LogP contribution in [0.25, 0.3) is 0 Å². The summed E-state index contributed by atoms with van der Waals surface area (Å²) in [6.07, 6.45) is 4.01. The monoisotopic (exact) mass is 665 g/mol. The molecule has 2 aliphatic carbocycles. The molecule has 6 rings (SSSR count). The minimum Gasteiger partial charge on any atom is -0.493 e. The summed E-state index contributed by atoms with van der Waals surface area (Å²) in [7, 11) is -2.73. The van der Waals surface area contributed by atoms with E-state index in [0.29, 0.717) is 54.5 Å². The Morgan fingerprint density at radius 3 is 1.90 bits per heavy atom. The fourth-order valence-electron chi connectivity index (χ4n) is 7.49. The van der Waals surface area contributed by atoms with Crippen LogP contribution in [0.4, 0.5) is 0 Å². The van der Waals surface area contributed by atoms with Crippen LogP contribution in [0.5, 0.6) is 11.5 Å². The van der Waals surface area contributed by atoms with Crippen molar-refractivity contribution in [1.29, 1.82) is 0 Å². The van der Waals surface area contributed by atoms with Gasteiger partial charge in [0.2, 0.25) is 0 Å². The first-order valence-electron chi connectivity index (χ1n) is 16.4. The highest BCUT2D eigenvalue weighted by molar-refractivity contribution is 7.87. The van der Waals surface area contributed by atoms with Crippen LogP contribution in [-0.4, -0.2) is 32.0 Å². The van der Waals surface area contributed by atoms with Crippen LogP contribution >= 0.6 is 0 Å². The molecule has 0 amide bonds. The summed E-state index contributed by atoms with van der Waals surface area (Å²) in [5.74, 6) is -0.338. The lowest BCUT2D eigenvalue weighted by molar-refractivity contribution is -0.119. The first kappa shape index (κ1) is 33.5. The number of nitrogens with zero attached hydrogens (tertiary/aromatic N) is 1. The second-order valence-corrected chi connectivity index (χ2v) is 16.2. The van der Waals surface area contributed by atoms with E-state index in [1.807, 2.05) is 24.3 Å². The molecule has 0 unspecified atom stereocenters. The zero-order valence-electron chi connectivity index (χ0n) is 28.3. The van der Waals surface area contributed by atoms with Gasteiger partial charge in [-0.15, -0.1) is 6.58 Å². The zero-order valence-corrected chi connectivity index (χ0v) is 29.2. The molecule has 3 aromatic carbocycles. The summed E-state index contributed by atoms with van der Waals surface area (Å²) >= 11 is 0. The Labute approximate surface area is 284 Å². The van der Waals surface area contributed by atoms with Gasteiger partial charge in [0.15, 0.2) is 23.1 Å². The van der Waals surface area contributed by atoms with Crippen molar-refractivity contribution in [3.63, 3.8) is 0 Å². The zero-order chi connectivity index (χ0) is 34.4. The van der Waals surface area contributed by atoms with Crippen molar-refractivity contribution in [3.8, 4) is 11.5 Å². The van der Waals surface area contributed by atoms with Gasteiger partial charge in [0.1, 0.15) is 4.90 Å². The summed E-state index contributed by atoms with van der Waals surface area (Å²) in [5, 5.41) is 0. The molecule has 7 nitrogen and oxygen atoms in total. The molecule has 3 aliphatic rings. The number of Topliss-reactive ketones (excluding diaryl/α,β-unsaturated/α-hetero) is 2. The SMILES string of the molecule is C=CCc1cc(C2C3=C(CC(C)(C)CC3=O)N(Cc3ccccc3)C3=C2C(=O)CC(C)(C)C3)cc(OC)c1OS(=O)(=O)c1ccccc1. The van der Waals surface area contributed by atoms with E-state index >= 15 is 0 Å². The molecule has 0 saturated carbocycles. The van der Waals surface area contributed by atoms with Gasteiger partial charge in [0, 0.05) is 53.4 Å². The van der Waals surface area contributed by atoms with Crippen LogP contribution in [0, 0.1) is 10.8 Å². The van der Waals surface area contributed by atoms with Gasteiger partial charge in [-0.3, -0.25) is 9.59 Å². The highest BCUT2D eigenvalue weighted by Gasteiger charge is 2.49. The van der Waals surface area contributed by atoms with Crippen LogP contribution in [-0.2, 0) is 32.7 Å². The van der Waals surface area contributed by atoms with E-state index in [-0.39, 0.29) is 45.2 Å². The number of allylic oxidation sites excluding steroid dienone is 5. The van der Waals surface area contributed by atoms with E-state index in [4.69, 9.17) is 8.92 Å². The van der Waals surface area contributed by atoms with Gasteiger partial charge in [0.25, 0.3) is 0 Å². The topological polar surface area (TPSA) is 90.0 Å². The largest absolute Gasteiger partial charge is 0.493 e. The maximum Gasteiger partial charge on any atom is 0.339 e. The Morgan fingerprint density at radius 2 is 1.38 bits per heavy atom. The van der Waals surface area contributed by atoms with Gasteiger partial charge in [-0.1, -0.05) is 88.4 Å². The van der Waals surface area contributed by atoms with Crippen molar-refractivity contribution < 1.29 is 26.9 Å². The fourth-order valence-corrected chi connectivity index (χ4v) is 8.48. The number of rotatable bonds is 9. The van der Waals surface area contributed by atoms with E-state index in [1.54, 1.807) is 30.3 Å². The van der Waals surface area contributed by atoms with E-state index in [9.17, 15) is 18.0 Å². The average Bonchev–Trinajstić information content (AvgIpc) is 3.02. The quantitative estimate of drug-likeness (QED) is 0.169. The Hall–Kier alpha value is -4.43. The van der Waals surface area contributed by atoms with Crippen LogP contribution in [0.1, 0.15) is 76.0 Å². The molecule has 0 N–H and O–H groups in total. The van der Waals surface area contributed by atoms with Crippen LogP contribution < -0.4 is 8.92 Å². The van der Waals surface area contributed by atoms with Crippen molar-refractivity contribution >= 4 is 21.7 Å². The molecule has 48 heavy (non-hydrogen) atoms. The first-order valence-corrected chi connectivity index (χ1v) is 17.8. The maximum atomic E-state index is 14.3. The summed E-state index contributed by atoms with van der Waals surface area (Å²) < 4.78 is 38.3. The number of ketones is 2. The molecule has 0 radical (unpaired) electrons. The van der Waals surface area contributed by atoms with Crippen LogP contribution in [0.3, 0.4) is 0 Å². The number of hydrogen-bond donors (Lipinski definition) is 0. The van der Waals surface area contributed by atoms with Crippen molar-refractivity contribution in [1.82, 2.24) is 4.90 Å². The number of ether oxygens (including phenoxy) is 1. The lowest BCUT2D eigenvalue weighted by Crippen LogP contribution is -2.44. The molecule has 8 heteroatoms. The third-order valence-corrected chi connectivity index (χ3v) is 10.7. The molecular weight excluding hydrogens is 623 g/mol. The normalized spacial score (nSPS) is 19.1. The van der Waals surface area contributed by atoms with Gasteiger partial charge in [-0.2, -0.15) is 8.42 Å². The average molecular weight is 666 g/mol. The summed E-state index contributed by atoms with van der Waals surface area (Å²) in [6, 6.07) is 21.7. The second-order valence-electron chi connectivity index (χ2n) is 14.7. The van der Waals surface area contributed by atoms with Gasteiger partial charge in [-0.05, 0) is 59.4 Å². The third kappa shape index (κ3) is 6.38. The van der Waals surface area contributed by atoms with Crippen molar-refractivity contribution in [2.75, 3.05) is 7.11 Å². The third-order valence-electron chi connectivity index (χ3n) is 9.50.